The van der Waals surface area contributed by atoms with Crippen LogP contribution in [0.1, 0.15) is 5.56 Å². The molecular formula is C14H21F2N3. The van der Waals surface area contributed by atoms with Crippen LogP contribution in [-0.4, -0.2) is 56.1 Å². The van der Waals surface area contributed by atoms with E-state index in [1.807, 2.05) is 7.05 Å². The normalized spacial score (nSPS) is 21.0. The van der Waals surface area contributed by atoms with E-state index >= 15 is 0 Å². The maximum absolute atomic E-state index is 13.1. The average Bonchev–Trinajstić information content (AvgIpc) is 2.37. The van der Waals surface area contributed by atoms with E-state index in [0.29, 0.717) is 12.6 Å². The zero-order chi connectivity index (χ0) is 13.8. The van der Waals surface area contributed by atoms with E-state index in [9.17, 15) is 8.78 Å². The molecule has 19 heavy (non-hydrogen) atoms. The smallest absolute Gasteiger partial charge is 0.159 e. The Morgan fingerprint density at radius 2 is 2.16 bits per heavy atom. The Kier molecular flexibility index (Phi) is 4.85. The van der Waals surface area contributed by atoms with Gasteiger partial charge in [0.15, 0.2) is 11.6 Å². The van der Waals surface area contributed by atoms with Crippen LogP contribution in [0.5, 0.6) is 0 Å². The first-order chi connectivity index (χ1) is 9.06. The van der Waals surface area contributed by atoms with Gasteiger partial charge in [-0.1, -0.05) is 6.07 Å². The van der Waals surface area contributed by atoms with Crippen molar-refractivity contribution in [1.29, 1.82) is 0 Å². The van der Waals surface area contributed by atoms with Gasteiger partial charge < -0.3 is 10.2 Å². The molecule has 1 saturated heterocycles. The highest BCUT2D eigenvalue weighted by atomic mass is 19.2. The van der Waals surface area contributed by atoms with Crippen LogP contribution in [0.2, 0.25) is 0 Å². The monoisotopic (exact) mass is 269 g/mol. The van der Waals surface area contributed by atoms with Gasteiger partial charge in [0, 0.05) is 38.8 Å². The molecule has 1 atom stereocenters. The van der Waals surface area contributed by atoms with Crippen LogP contribution in [0.3, 0.4) is 0 Å². The van der Waals surface area contributed by atoms with Crippen molar-refractivity contribution in [3.8, 4) is 0 Å². The van der Waals surface area contributed by atoms with E-state index in [0.717, 1.165) is 31.7 Å². The number of benzene rings is 1. The first-order valence-corrected chi connectivity index (χ1v) is 6.59. The van der Waals surface area contributed by atoms with E-state index in [1.165, 1.54) is 12.1 Å². The Hall–Kier alpha value is -1.04. The Balaban J connectivity index is 1.89. The zero-order valence-corrected chi connectivity index (χ0v) is 11.5. The molecule has 0 radical (unpaired) electrons. The fourth-order valence-electron chi connectivity index (χ4n) is 2.44. The van der Waals surface area contributed by atoms with Crippen LogP contribution in [0.15, 0.2) is 18.2 Å². The summed E-state index contributed by atoms with van der Waals surface area (Å²) in [6.07, 6.45) is 0. The van der Waals surface area contributed by atoms with Gasteiger partial charge in [-0.05, 0) is 31.8 Å². The molecule has 1 unspecified atom stereocenters. The van der Waals surface area contributed by atoms with Crippen LogP contribution in [0.25, 0.3) is 0 Å². The quantitative estimate of drug-likeness (QED) is 0.889. The Labute approximate surface area is 113 Å². The molecule has 106 valence electrons. The SMILES string of the molecule is CN(Cc1ccc(F)c(F)c1)CC1CNCCN1C. The van der Waals surface area contributed by atoms with Gasteiger partial charge in [0.25, 0.3) is 0 Å². The zero-order valence-electron chi connectivity index (χ0n) is 11.5. The summed E-state index contributed by atoms with van der Waals surface area (Å²) < 4.78 is 26.0. The van der Waals surface area contributed by atoms with Crippen molar-refractivity contribution in [3.63, 3.8) is 0 Å². The number of nitrogens with one attached hydrogen (secondary N) is 1. The van der Waals surface area contributed by atoms with Crippen LogP contribution >= 0.6 is 0 Å². The molecular weight excluding hydrogens is 248 g/mol. The second-order valence-electron chi connectivity index (χ2n) is 5.28. The van der Waals surface area contributed by atoms with Gasteiger partial charge in [-0.15, -0.1) is 0 Å². The molecule has 1 aliphatic heterocycles. The molecule has 0 spiro atoms. The lowest BCUT2D eigenvalue weighted by Crippen LogP contribution is -2.53. The van der Waals surface area contributed by atoms with E-state index in [-0.39, 0.29) is 0 Å². The molecule has 0 aliphatic carbocycles. The predicted molar refractivity (Wildman–Crippen MR) is 72.0 cm³/mol. The number of nitrogens with zero attached hydrogens (tertiary/aromatic N) is 2. The van der Waals surface area contributed by atoms with Crippen molar-refractivity contribution in [2.24, 2.45) is 0 Å². The molecule has 0 amide bonds. The molecule has 1 aromatic rings. The molecule has 5 heteroatoms. The number of hydrogen-bond acceptors (Lipinski definition) is 3. The first kappa shape index (κ1) is 14.4. The summed E-state index contributed by atoms with van der Waals surface area (Å²) in [6.45, 7) is 4.58. The van der Waals surface area contributed by atoms with Crippen LogP contribution in [0.4, 0.5) is 8.78 Å². The standard InChI is InChI=1S/C14H21F2N3/c1-18(10-12-8-17-5-6-19(12)2)9-11-3-4-13(15)14(16)7-11/h3-4,7,12,17H,5-6,8-10H2,1-2H3. The Morgan fingerprint density at radius 1 is 1.37 bits per heavy atom. The van der Waals surface area contributed by atoms with E-state index in [4.69, 9.17) is 0 Å². The van der Waals surface area contributed by atoms with Crippen molar-refractivity contribution < 1.29 is 8.78 Å². The van der Waals surface area contributed by atoms with Crippen molar-refractivity contribution in [3.05, 3.63) is 35.4 Å². The van der Waals surface area contributed by atoms with Crippen molar-refractivity contribution in [1.82, 2.24) is 15.1 Å². The number of piperazine rings is 1. The summed E-state index contributed by atoms with van der Waals surface area (Å²) in [5.41, 5.74) is 0.799. The first-order valence-electron chi connectivity index (χ1n) is 6.59. The number of hydrogen-bond donors (Lipinski definition) is 1. The lowest BCUT2D eigenvalue weighted by atomic mass is 10.1. The highest BCUT2D eigenvalue weighted by molar-refractivity contribution is 5.17. The minimum absolute atomic E-state index is 0.462. The van der Waals surface area contributed by atoms with E-state index in [2.05, 4.69) is 22.2 Å². The maximum atomic E-state index is 13.1. The minimum Gasteiger partial charge on any atom is -0.314 e. The lowest BCUT2D eigenvalue weighted by Gasteiger charge is -2.35. The molecule has 2 rings (SSSR count). The van der Waals surface area contributed by atoms with Crippen LogP contribution in [0, 0.1) is 11.6 Å². The van der Waals surface area contributed by atoms with Gasteiger partial charge in [0.1, 0.15) is 0 Å². The predicted octanol–water partition coefficient (Wildman–Crippen LogP) is 1.30. The topological polar surface area (TPSA) is 18.5 Å². The minimum atomic E-state index is -0.789. The average molecular weight is 269 g/mol. The Bertz CT molecular complexity index is 425. The number of rotatable bonds is 4. The lowest BCUT2D eigenvalue weighted by molar-refractivity contribution is 0.150. The Morgan fingerprint density at radius 3 is 2.84 bits per heavy atom. The molecule has 1 N–H and O–H groups in total. The molecule has 0 bridgehead atoms. The van der Waals surface area contributed by atoms with Crippen LogP contribution in [-0.2, 0) is 6.54 Å². The van der Waals surface area contributed by atoms with Gasteiger partial charge in [-0.25, -0.2) is 8.78 Å². The van der Waals surface area contributed by atoms with Crippen molar-refractivity contribution in [2.45, 2.75) is 12.6 Å². The highest BCUT2D eigenvalue weighted by Gasteiger charge is 2.20. The van der Waals surface area contributed by atoms with Gasteiger partial charge in [0.2, 0.25) is 0 Å². The third kappa shape index (κ3) is 3.96. The summed E-state index contributed by atoms with van der Waals surface area (Å²) in [4.78, 5) is 4.47. The van der Waals surface area contributed by atoms with Gasteiger partial charge in [0.05, 0.1) is 0 Å². The second kappa shape index (κ2) is 6.41. The molecule has 1 aliphatic rings. The summed E-state index contributed by atoms with van der Waals surface area (Å²) in [5, 5.41) is 3.37. The van der Waals surface area contributed by atoms with Crippen molar-refractivity contribution in [2.75, 3.05) is 40.3 Å². The third-order valence-corrected chi connectivity index (χ3v) is 3.60. The van der Waals surface area contributed by atoms with Crippen molar-refractivity contribution >= 4 is 0 Å². The van der Waals surface area contributed by atoms with E-state index in [1.54, 1.807) is 6.07 Å². The second-order valence-corrected chi connectivity index (χ2v) is 5.28. The fourth-order valence-corrected chi connectivity index (χ4v) is 2.44. The largest absolute Gasteiger partial charge is 0.314 e. The number of likely N-dealkylation sites (N-methyl/N-ethyl adjacent to an activating group) is 2. The van der Waals surface area contributed by atoms with Gasteiger partial charge in [-0.2, -0.15) is 0 Å². The van der Waals surface area contributed by atoms with Gasteiger partial charge in [-0.3, -0.25) is 4.90 Å². The summed E-state index contributed by atoms with van der Waals surface area (Å²) in [5.74, 6) is -1.56. The maximum Gasteiger partial charge on any atom is 0.159 e. The summed E-state index contributed by atoms with van der Waals surface area (Å²) in [7, 11) is 4.13. The molecule has 3 nitrogen and oxygen atoms in total. The molecule has 1 heterocycles. The molecule has 0 saturated carbocycles. The highest BCUT2D eigenvalue weighted by Crippen LogP contribution is 2.11. The molecule has 0 aromatic heterocycles. The fraction of sp³-hybridized carbons (Fsp3) is 0.571. The number of halogens is 2. The summed E-state index contributed by atoms with van der Waals surface area (Å²) >= 11 is 0. The van der Waals surface area contributed by atoms with Gasteiger partial charge >= 0.3 is 0 Å². The summed E-state index contributed by atoms with van der Waals surface area (Å²) in [6, 6.07) is 4.56. The molecule has 1 fully saturated rings. The molecule has 1 aromatic carbocycles. The van der Waals surface area contributed by atoms with E-state index < -0.39 is 11.6 Å². The third-order valence-electron chi connectivity index (χ3n) is 3.60. The van der Waals surface area contributed by atoms with Crippen LogP contribution < -0.4 is 5.32 Å².